The van der Waals surface area contributed by atoms with Gasteiger partial charge in [0, 0.05) is 22.0 Å². The molecule has 0 saturated heterocycles. The van der Waals surface area contributed by atoms with Crippen LogP contribution < -0.4 is 0 Å². The van der Waals surface area contributed by atoms with Gasteiger partial charge in [0.1, 0.15) is 0 Å². The van der Waals surface area contributed by atoms with Crippen molar-refractivity contribution in [2.24, 2.45) is 0 Å². The molecule has 1 heterocycles. The Morgan fingerprint density at radius 1 is 0.595 bits per heavy atom. The third kappa shape index (κ3) is 4.18. The van der Waals surface area contributed by atoms with Crippen LogP contribution in [0.4, 0.5) is 0 Å². The van der Waals surface area contributed by atoms with E-state index in [0.717, 1.165) is 22.3 Å². The number of nitriles is 2. The van der Waals surface area contributed by atoms with E-state index in [2.05, 4.69) is 107 Å². The minimum atomic E-state index is 0.0540. The van der Waals surface area contributed by atoms with Gasteiger partial charge < -0.3 is 4.57 Å². The van der Waals surface area contributed by atoms with Gasteiger partial charge >= 0.3 is 0 Å². The molecule has 5 rings (SSSR count). The molecule has 0 atom stereocenters. The van der Waals surface area contributed by atoms with Crippen molar-refractivity contribution < 1.29 is 0 Å². The SMILES string of the molecule is CC(C)(C)c1ccc2c(c1)c1cc(C(C)(C)C)ccc1n2-c1ccc(-c2c(C#N)cccc2C#N)cc1. The molecule has 4 aromatic carbocycles. The van der Waals surface area contributed by atoms with E-state index in [4.69, 9.17) is 0 Å². The zero-order chi connectivity index (χ0) is 26.5. The fourth-order valence-electron chi connectivity index (χ4n) is 5.06. The third-order valence-electron chi connectivity index (χ3n) is 7.22. The van der Waals surface area contributed by atoms with Gasteiger partial charge in [0.25, 0.3) is 0 Å². The lowest BCUT2D eigenvalue weighted by Gasteiger charge is -2.19. The summed E-state index contributed by atoms with van der Waals surface area (Å²) in [5.74, 6) is 0. The highest BCUT2D eigenvalue weighted by Gasteiger charge is 2.21. The average Bonchev–Trinajstić information content (AvgIpc) is 3.20. The Morgan fingerprint density at radius 3 is 1.46 bits per heavy atom. The first-order chi connectivity index (χ1) is 17.5. The Bertz CT molecular complexity index is 1640. The smallest absolute Gasteiger partial charge is 0.0998 e. The van der Waals surface area contributed by atoms with E-state index >= 15 is 0 Å². The molecule has 0 radical (unpaired) electrons. The van der Waals surface area contributed by atoms with Crippen LogP contribution in [0.15, 0.2) is 78.9 Å². The number of nitrogens with zero attached hydrogens (tertiary/aromatic N) is 3. The summed E-state index contributed by atoms with van der Waals surface area (Å²) >= 11 is 0. The van der Waals surface area contributed by atoms with Gasteiger partial charge in [0.05, 0.1) is 34.3 Å². The molecule has 0 amide bonds. The first-order valence-corrected chi connectivity index (χ1v) is 12.7. The molecule has 37 heavy (non-hydrogen) atoms. The van der Waals surface area contributed by atoms with Crippen molar-refractivity contribution in [1.82, 2.24) is 4.57 Å². The molecule has 0 aliphatic carbocycles. The summed E-state index contributed by atoms with van der Waals surface area (Å²) in [4.78, 5) is 0. The molecule has 3 heteroatoms. The van der Waals surface area contributed by atoms with Crippen LogP contribution in [0.3, 0.4) is 0 Å². The summed E-state index contributed by atoms with van der Waals surface area (Å²) in [6.45, 7) is 13.5. The lowest BCUT2D eigenvalue weighted by atomic mass is 9.85. The van der Waals surface area contributed by atoms with Crippen molar-refractivity contribution in [2.45, 2.75) is 52.4 Å². The Morgan fingerprint density at radius 2 is 1.05 bits per heavy atom. The van der Waals surface area contributed by atoms with Crippen molar-refractivity contribution in [1.29, 1.82) is 10.5 Å². The maximum Gasteiger partial charge on any atom is 0.0998 e. The van der Waals surface area contributed by atoms with Gasteiger partial charge in [0.2, 0.25) is 0 Å². The standard InChI is InChI=1S/C34H31N3/c1-33(2,3)25-12-16-30-28(18-25)29-19-26(34(4,5)6)13-17-31(29)37(30)27-14-10-22(11-15-27)32-23(20-35)8-7-9-24(32)21-36/h7-19H,1-6H3. The van der Waals surface area contributed by atoms with Crippen LogP contribution in [0.5, 0.6) is 0 Å². The highest BCUT2D eigenvalue weighted by atomic mass is 15.0. The zero-order valence-corrected chi connectivity index (χ0v) is 22.3. The predicted octanol–water partition coefficient (Wildman–Crippen LogP) is 8.79. The molecular weight excluding hydrogens is 450 g/mol. The van der Waals surface area contributed by atoms with Gasteiger partial charge in [-0.1, -0.05) is 71.9 Å². The van der Waals surface area contributed by atoms with E-state index in [0.29, 0.717) is 16.7 Å². The molecule has 0 unspecified atom stereocenters. The largest absolute Gasteiger partial charge is 0.309 e. The van der Waals surface area contributed by atoms with Gasteiger partial charge in [-0.3, -0.25) is 0 Å². The van der Waals surface area contributed by atoms with Gasteiger partial charge in [-0.15, -0.1) is 0 Å². The summed E-state index contributed by atoms with van der Waals surface area (Å²) in [5.41, 5.74) is 8.67. The minimum Gasteiger partial charge on any atom is -0.309 e. The van der Waals surface area contributed by atoms with Gasteiger partial charge in [-0.25, -0.2) is 0 Å². The molecule has 0 fully saturated rings. The Hall–Kier alpha value is -4.34. The number of fused-ring (bicyclic) bond motifs is 3. The number of hydrogen-bond donors (Lipinski definition) is 0. The Balaban J connectivity index is 1.75. The number of hydrogen-bond acceptors (Lipinski definition) is 2. The maximum atomic E-state index is 9.64. The van der Waals surface area contributed by atoms with Crippen LogP contribution >= 0.6 is 0 Å². The monoisotopic (exact) mass is 481 g/mol. The Kier molecular flexibility index (Phi) is 5.69. The van der Waals surface area contributed by atoms with E-state index < -0.39 is 0 Å². The lowest BCUT2D eigenvalue weighted by molar-refractivity contribution is 0.590. The normalized spacial score (nSPS) is 12.0. The van der Waals surface area contributed by atoms with Crippen molar-refractivity contribution in [3.63, 3.8) is 0 Å². The molecule has 0 bridgehead atoms. The van der Waals surface area contributed by atoms with Crippen LogP contribution in [0.25, 0.3) is 38.6 Å². The van der Waals surface area contributed by atoms with Crippen molar-refractivity contribution >= 4 is 21.8 Å². The van der Waals surface area contributed by atoms with E-state index in [-0.39, 0.29) is 10.8 Å². The zero-order valence-electron chi connectivity index (χ0n) is 22.3. The second-order valence-electron chi connectivity index (χ2n) is 11.8. The van der Waals surface area contributed by atoms with Crippen molar-refractivity contribution in [3.8, 4) is 29.0 Å². The van der Waals surface area contributed by atoms with Crippen molar-refractivity contribution in [2.75, 3.05) is 0 Å². The quantitative estimate of drug-likeness (QED) is 0.253. The summed E-state index contributed by atoms with van der Waals surface area (Å²) in [6, 6.07) is 31.6. The summed E-state index contributed by atoms with van der Waals surface area (Å²) in [7, 11) is 0. The second kappa shape index (κ2) is 8.65. The second-order valence-corrected chi connectivity index (χ2v) is 11.8. The third-order valence-corrected chi connectivity index (χ3v) is 7.22. The summed E-state index contributed by atoms with van der Waals surface area (Å²) < 4.78 is 2.31. The molecule has 0 spiro atoms. The van der Waals surface area contributed by atoms with E-state index in [9.17, 15) is 10.5 Å². The molecule has 182 valence electrons. The molecule has 0 aliphatic rings. The average molecular weight is 482 g/mol. The first kappa shape index (κ1) is 24.4. The number of aromatic nitrogens is 1. The molecule has 5 aromatic rings. The van der Waals surface area contributed by atoms with E-state index in [1.165, 1.54) is 21.9 Å². The number of rotatable bonds is 2. The molecule has 0 N–H and O–H groups in total. The van der Waals surface area contributed by atoms with E-state index in [1.54, 1.807) is 18.2 Å². The predicted molar refractivity (Wildman–Crippen MR) is 153 cm³/mol. The molecular formula is C34H31N3. The summed E-state index contributed by atoms with van der Waals surface area (Å²) in [5, 5.41) is 21.8. The van der Waals surface area contributed by atoms with Crippen LogP contribution in [0.2, 0.25) is 0 Å². The molecule has 0 aliphatic heterocycles. The molecule has 3 nitrogen and oxygen atoms in total. The van der Waals surface area contributed by atoms with E-state index in [1.807, 2.05) is 12.1 Å². The van der Waals surface area contributed by atoms with Crippen LogP contribution in [-0.4, -0.2) is 4.57 Å². The lowest BCUT2D eigenvalue weighted by Crippen LogP contribution is -2.10. The maximum absolute atomic E-state index is 9.64. The van der Waals surface area contributed by atoms with Crippen LogP contribution in [0.1, 0.15) is 63.8 Å². The number of benzene rings is 4. The van der Waals surface area contributed by atoms with Gasteiger partial charge in [-0.05, 0) is 76.1 Å². The molecule has 0 saturated carbocycles. The fourth-order valence-corrected chi connectivity index (χ4v) is 5.06. The van der Waals surface area contributed by atoms with Gasteiger partial charge in [0.15, 0.2) is 0 Å². The van der Waals surface area contributed by atoms with Crippen LogP contribution in [0, 0.1) is 22.7 Å². The summed E-state index contributed by atoms with van der Waals surface area (Å²) in [6.07, 6.45) is 0. The molecule has 1 aromatic heterocycles. The first-order valence-electron chi connectivity index (χ1n) is 12.7. The van der Waals surface area contributed by atoms with Crippen LogP contribution in [-0.2, 0) is 10.8 Å². The minimum absolute atomic E-state index is 0.0540. The highest BCUT2D eigenvalue weighted by Crippen LogP contribution is 2.38. The topological polar surface area (TPSA) is 52.5 Å². The highest BCUT2D eigenvalue weighted by molar-refractivity contribution is 6.10. The van der Waals surface area contributed by atoms with Gasteiger partial charge in [-0.2, -0.15) is 10.5 Å². The Labute approximate surface area is 219 Å². The van der Waals surface area contributed by atoms with Crippen molar-refractivity contribution in [3.05, 3.63) is 101 Å². The fraction of sp³-hybridized carbons (Fsp3) is 0.235.